The van der Waals surface area contributed by atoms with Gasteiger partial charge in [-0.15, -0.1) is 0 Å². The van der Waals surface area contributed by atoms with Gasteiger partial charge >= 0.3 is 0 Å². The number of fused-ring (bicyclic) bond motifs is 1. The maximum Gasteiger partial charge on any atom is 0.175 e. The number of aryl methyl sites for hydroxylation is 2. The number of nitrogens with one attached hydrogen (secondary N) is 2. The van der Waals surface area contributed by atoms with Crippen molar-refractivity contribution in [2.45, 2.75) is 19.3 Å². The molecule has 0 spiro atoms. The maximum absolute atomic E-state index is 13.6. The molecule has 1 aliphatic rings. The Hall–Kier alpha value is -2.14. The fourth-order valence-corrected chi connectivity index (χ4v) is 2.92. The van der Waals surface area contributed by atoms with Crippen LogP contribution in [0.3, 0.4) is 0 Å². The Balaban J connectivity index is 1.66. The van der Waals surface area contributed by atoms with E-state index in [0.29, 0.717) is 10.8 Å². The van der Waals surface area contributed by atoms with Crippen LogP contribution in [0.2, 0.25) is 0 Å². The minimum absolute atomic E-state index is 0.211. The van der Waals surface area contributed by atoms with Gasteiger partial charge in [-0.1, -0.05) is 6.07 Å². The van der Waals surface area contributed by atoms with Gasteiger partial charge in [0, 0.05) is 17.4 Å². The van der Waals surface area contributed by atoms with Crippen molar-refractivity contribution < 1.29 is 9.13 Å². The second kappa shape index (κ2) is 6.32. The van der Waals surface area contributed by atoms with Crippen molar-refractivity contribution in [2.24, 2.45) is 0 Å². The number of benzene rings is 2. The van der Waals surface area contributed by atoms with Gasteiger partial charge in [0.2, 0.25) is 0 Å². The molecule has 2 aromatic rings. The van der Waals surface area contributed by atoms with Crippen molar-refractivity contribution in [1.29, 1.82) is 0 Å². The summed E-state index contributed by atoms with van der Waals surface area (Å²) in [6.07, 6.45) is 3.49. The van der Waals surface area contributed by atoms with Crippen LogP contribution in [0.25, 0.3) is 0 Å². The topological polar surface area (TPSA) is 33.3 Å². The molecule has 0 aliphatic heterocycles. The number of thiocarbonyl (C=S) groups is 1. The quantitative estimate of drug-likeness (QED) is 0.834. The van der Waals surface area contributed by atoms with Gasteiger partial charge < -0.3 is 15.4 Å². The minimum atomic E-state index is -0.423. The van der Waals surface area contributed by atoms with Gasteiger partial charge in [-0.2, -0.15) is 0 Å². The van der Waals surface area contributed by atoms with Gasteiger partial charge in [0.15, 0.2) is 16.7 Å². The molecular formula is C17H17FN2OS. The lowest BCUT2D eigenvalue weighted by Gasteiger charge is -2.12. The zero-order valence-corrected chi connectivity index (χ0v) is 13.1. The molecule has 3 rings (SSSR count). The summed E-state index contributed by atoms with van der Waals surface area (Å²) in [6, 6.07) is 10.9. The molecular weight excluding hydrogens is 299 g/mol. The summed E-state index contributed by atoms with van der Waals surface area (Å²) >= 11 is 5.27. The smallest absolute Gasteiger partial charge is 0.175 e. The molecule has 0 atom stereocenters. The number of ether oxygens (including phenoxy) is 1. The first kappa shape index (κ1) is 14.8. The van der Waals surface area contributed by atoms with E-state index in [-0.39, 0.29) is 5.75 Å². The van der Waals surface area contributed by atoms with Crippen LogP contribution in [0, 0.1) is 5.82 Å². The molecule has 114 valence electrons. The van der Waals surface area contributed by atoms with Crippen molar-refractivity contribution in [3.63, 3.8) is 0 Å². The molecule has 0 amide bonds. The number of hydrogen-bond acceptors (Lipinski definition) is 2. The van der Waals surface area contributed by atoms with Crippen LogP contribution in [-0.4, -0.2) is 12.2 Å². The monoisotopic (exact) mass is 316 g/mol. The molecule has 5 heteroatoms. The molecule has 0 aromatic heterocycles. The first-order valence-corrected chi connectivity index (χ1v) is 7.60. The minimum Gasteiger partial charge on any atom is -0.494 e. The fraction of sp³-hybridized carbons (Fsp3) is 0.235. The molecule has 2 aromatic carbocycles. The molecule has 0 heterocycles. The zero-order valence-electron chi connectivity index (χ0n) is 12.3. The van der Waals surface area contributed by atoms with Crippen LogP contribution >= 0.6 is 12.2 Å². The highest BCUT2D eigenvalue weighted by Crippen LogP contribution is 2.25. The van der Waals surface area contributed by atoms with Crippen molar-refractivity contribution in [1.82, 2.24) is 0 Å². The fourth-order valence-electron chi connectivity index (χ4n) is 2.69. The number of halogens is 1. The SMILES string of the molecule is COc1ccc(NC(=S)Nc2ccc3c(c2)CCC3)cc1F. The maximum atomic E-state index is 13.6. The van der Waals surface area contributed by atoms with E-state index in [1.165, 1.54) is 30.7 Å². The summed E-state index contributed by atoms with van der Waals surface area (Å²) < 4.78 is 18.5. The lowest BCUT2D eigenvalue weighted by molar-refractivity contribution is 0.387. The Morgan fingerprint density at radius 1 is 1.05 bits per heavy atom. The Morgan fingerprint density at radius 2 is 1.73 bits per heavy atom. The van der Waals surface area contributed by atoms with Gasteiger partial charge in [-0.3, -0.25) is 0 Å². The van der Waals surface area contributed by atoms with Crippen LogP contribution in [0.15, 0.2) is 36.4 Å². The predicted molar refractivity (Wildman–Crippen MR) is 91.3 cm³/mol. The number of hydrogen-bond donors (Lipinski definition) is 2. The van der Waals surface area contributed by atoms with Crippen molar-refractivity contribution >= 4 is 28.7 Å². The average molecular weight is 316 g/mol. The zero-order chi connectivity index (χ0) is 15.5. The molecule has 0 radical (unpaired) electrons. The van der Waals surface area contributed by atoms with E-state index >= 15 is 0 Å². The molecule has 22 heavy (non-hydrogen) atoms. The van der Waals surface area contributed by atoms with Gasteiger partial charge in [0.05, 0.1) is 7.11 Å². The van der Waals surface area contributed by atoms with Crippen LogP contribution in [-0.2, 0) is 12.8 Å². The number of anilines is 2. The van der Waals surface area contributed by atoms with Gasteiger partial charge in [-0.05, 0) is 66.9 Å². The Bertz CT molecular complexity index is 718. The van der Waals surface area contributed by atoms with Gasteiger partial charge in [0.25, 0.3) is 0 Å². The molecule has 3 nitrogen and oxygen atoms in total. The second-order valence-electron chi connectivity index (χ2n) is 5.27. The van der Waals surface area contributed by atoms with Gasteiger partial charge in [0.1, 0.15) is 0 Å². The van der Waals surface area contributed by atoms with Gasteiger partial charge in [-0.25, -0.2) is 4.39 Å². The Labute approximate surface area is 134 Å². The average Bonchev–Trinajstić information content (AvgIpc) is 2.95. The molecule has 1 aliphatic carbocycles. The molecule has 0 saturated heterocycles. The summed E-state index contributed by atoms with van der Waals surface area (Å²) in [4.78, 5) is 0. The second-order valence-corrected chi connectivity index (χ2v) is 5.67. The molecule has 0 unspecified atom stereocenters. The van der Waals surface area contributed by atoms with E-state index < -0.39 is 5.82 Å². The van der Waals surface area contributed by atoms with Crippen LogP contribution < -0.4 is 15.4 Å². The Kier molecular flexibility index (Phi) is 4.24. The summed E-state index contributed by atoms with van der Waals surface area (Å²) in [6.45, 7) is 0. The third-order valence-electron chi connectivity index (χ3n) is 3.77. The molecule has 0 fully saturated rings. The van der Waals surface area contributed by atoms with Crippen molar-refractivity contribution in [3.8, 4) is 5.75 Å². The number of rotatable bonds is 3. The van der Waals surface area contributed by atoms with E-state index in [1.807, 2.05) is 6.07 Å². The lowest BCUT2D eigenvalue weighted by atomic mass is 10.1. The Morgan fingerprint density at radius 3 is 2.45 bits per heavy atom. The highest BCUT2D eigenvalue weighted by molar-refractivity contribution is 7.80. The third kappa shape index (κ3) is 3.20. The highest BCUT2D eigenvalue weighted by atomic mass is 32.1. The summed E-state index contributed by atoms with van der Waals surface area (Å²) in [5.41, 5.74) is 4.33. The van der Waals surface area contributed by atoms with Crippen molar-refractivity contribution in [3.05, 3.63) is 53.3 Å². The van der Waals surface area contributed by atoms with Crippen LogP contribution in [0.4, 0.5) is 15.8 Å². The molecule has 0 bridgehead atoms. The van der Waals surface area contributed by atoms with Crippen molar-refractivity contribution in [2.75, 3.05) is 17.7 Å². The van der Waals surface area contributed by atoms with E-state index in [2.05, 4.69) is 22.8 Å². The van der Waals surface area contributed by atoms with E-state index in [0.717, 1.165) is 18.5 Å². The van der Waals surface area contributed by atoms with Crippen LogP contribution in [0.5, 0.6) is 5.75 Å². The van der Waals surface area contributed by atoms with Crippen LogP contribution in [0.1, 0.15) is 17.5 Å². The van der Waals surface area contributed by atoms with E-state index in [1.54, 1.807) is 12.1 Å². The third-order valence-corrected chi connectivity index (χ3v) is 3.97. The largest absolute Gasteiger partial charge is 0.494 e. The lowest BCUT2D eigenvalue weighted by Crippen LogP contribution is -2.19. The normalized spacial score (nSPS) is 12.6. The first-order chi connectivity index (χ1) is 10.7. The van der Waals surface area contributed by atoms with E-state index in [9.17, 15) is 4.39 Å². The highest BCUT2D eigenvalue weighted by Gasteiger charge is 2.11. The predicted octanol–water partition coefficient (Wildman–Crippen LogP) is 4.13. The molecule has 0 saturated carbocycles. The summed E-state index contributed by atoms with van der Waals surface area (Å²) in [5.74, 6) is -0.212. The van der Waals surface area contributed by atoms with E-state index in [4.69, 9.17) is 17.0 Å². The first-order valence-electron chi connectivity index (χ1n) is 7.19. The summed E-state index contributed by atoms with van der Waals surface area (Å²) in [5, 5.41) is 6.54. The molecule has 2 N–H and O–H groups in total. The number of methoxy groups -OCH3 is 1. The summed E-state index contributed by atoms with van der Waals surface area (Å²) in [7, 11) is 1.44. The standard InChI is InChI=1S/C17H17FN2OS/c1-21-16-8-7-14(10-15(16)18)20-17(22)19-13-6-5-11-3-2-4-12(11)9-13/h5-10H,2-4H2,1H3,(H2,19,20,22).